The maximum absolute atomic E-state index is 13.8. The Balaban J connectivity index is 1.35. The Labute approximate surface area is 217 Å². The van der Waals surface area contributed by atoms with Crippen LogP contribution >= 0.6 is 0 Å². The normalized spacial score (nSPS) is 11.2. The summed E-state index contributed by atoms with van der Waals surface area (Å²) in [5, 5.41) is 23.1. The number of carbonyl (C=O) groups excluding carboxylic acids is 1. The molecule has 0 aliphatic rings. The second kappa shape index (κ2) is 12.8. The van der Waals surface area contributed by atoms with Crippen molar-refractivity contribution in [2.75, 3.05) is 43.5 Å². The van der Waals surface area contributed by atoms with Crippen molar-refractivity contribution >= 4 is 34.1 Å². The van der Waals surface area contributed by atoms with E-state index >= 15 is 0 Å². The Bertz CT molecular complexity index is 1380. The van der Waals surface area contributed by atoms with E-state index in [9.17, 15) is 13.6 Å². The molecule has 2 aromatic heterocycles. The average Bonchev–Trinajstić information content (AvgIpc) is 3.35. The summed E-state index contributed by atoms with van der Waals surface area (Å²) >= 11 is 0. The highest BCUT2D eigenvalue weighted by Gasteiger charge is 2.13. The van der Waals surface area contributed by atoms with Gasteiger partial charge in [0.2, 0.25) is 5.91 Å². The summed E-state index contributed by atoms with van der Waals surface area (Å²) in [6.07, 6.45) is 3.73. The number of amides is 1. The highest BCUT2D eigenvalue weighted by Crippen LogP contribution is 2.25. The number of aromatic nitrogens is 5. The van der Waals surface area contributed by atoms with Crippen LogP contribution in [0.15, 0.2) is 48.9 Å². The molecule has 11 nitrogen and oxygen atoms in total. The van der Waals surface area contributed by atoms with Crippen molar-refractivity contribution in [3.8, 4) is 5.75 Å². The molecule has 0 saturated heterocycles. The topological polar surface area (TPSA) is 130 Å². The molecule has 200 valence electrons. The molecular weight excluding hydrogens is 498 g/mol. The lowest BCUT2D eigenvalue weighted by atomic mass is 10.2. The Morgan fingerprint density at radius 1 is 1.18 bits per heavy atom. The minimum Gasteiger partial charge on any atom is -0.493 e. The lowest BCUT2D eigenvalue weighted by Gasteiger charge is -2.18. The summed E-state index contributed by atoms with van der Waals surface area (Å²) in [7, 11) is 0. The van der Waals surface area contributed by atoms with Gasteiger partial charge >= 0.3 is 0 Å². The van der Waals surface area contributed by atoms with Crippen molar-refractivity contribution in [3.05, 3.63) is 60.6 Å². The number of anilines is 3. The third kappa shape index (κ3) is 6.95. The summed E-state index contributed by atoms with van der Waals surface area (Å²) in [6, 6.07) is 9.01. The van der Waals surface area contributed by atoms with Gasteiger partial charge in [-0.2, -0.15) is 0 Å². The second-order valence-corrected chi connectivity index (χ2v) is 8.34. The maximum Gasteiger partial charge on any atom is 0.246 e. The molecule has 0 radical (unpaired) electrons. The SMILES string of the molecule is CCN(CCO)CCCOc1ccc2c(Nc3cn(CC(=O)Nc4cccc(F)c4F)nn3)ncnc2c1. The molecule has 0 bridgehead atoms. The number of rotatable bonds is 13. The van der Waals surface area contributed by atoms with Crippen LogP contribution in [0.25, 0.3) is 10.9 Å². The van der Waals surface area contributed by atoms with E-state index in [-0.39, 0.29) is 18.8 Å². The fourth-order valence-corrected chi connectivity index (χ4v) is 3.77. The van der Waals surface area contributed by atoms with Crippen LogP contribution in [0.3, 0.4) is 0 Å². The molecule has 0 aliphatic carbocycles. The van der Waals surface area contributed by atoms with Crippen molar-refractivity contribution in [2.45, 2.75) is 19.9 Å². The Hall–Kier alpha value is -4.23. The molecule has 0 unspecified atom stereocenters. The molecule has 4 rings (SSSR count). The van der Waals surface area contributed by atoms with Crippen LogP contribution in [0, 0.1) is 11.6 Å². The van der Waals surface area contributed by atoms with Gasteiger partial charge in [-0.05, 0) is 37.2 Å². The van der Waals surface area contributed by atoms with Crippen molar-refractivity contribution < 1.29 is 23.4 Å². The van der Waals surface area contributed by atoms with Gasteiger partial charge in [-0.1, -0.05) is 18.2 Å². The molecular formula is C25H28F2N8O3. The molecule has 4 aromatic rings. The summed E-state index contributed by atoms with van der Waals surface area (Å²) in [5.41, 5.74) is 0.410. The second-order valence-electron chi connectivity index (χ2n) is 8.34. The van der Waals surface area contributed by atoms with Gasteiger partial charge in [0.05, 0.1) is 30.6 Å². The van der Waals surface area contributed by atoms with Gasteiger partial charge < -0.3 is 25.4 Å². The molecule has 0 saturated carbocycles. The first-order chi connectivity index (χ1) is 18.5. The average molecular weight is 527 g/mol. The van der Waals surface area contributed by atoms with Crippen molar-refractivity contribution in [1.82, 2.24) is 29.9 Å². The highest BCUT2D eigenvalue weighted by atomic mass is 19.2. The molecule has 1 amide bonds. The lowest BCUT2D eigenvalue weighted by Crippen LogP contribution is -2.28. The van der Waals surface area contributed by atoms with Gasteiger partial charge in [0.25, 0.3) is 0 Å². The zero-order chi connectivity index (χ0) is 26.9. The molecule has 0 fully saturated rings. The smallest absolute Gasteiger partial charge is 0.246 e. The number of likely N-dealkylation sites (N-methyl/N-ethyl adjacent to an activating group) is 1. The van der Waals surface area contributed by atoms with Crippen LogP contribution in [-0.2, 0) is 11.3 Å². The summed E-state index contributed by atoms with van der Waals surface area (Å²) < 4.78 is 34.2. The first-order valence-electron chi connectivity index (χ1n) is 12.1. The van der Waals surface area contributed by atoms with Crippen molar-refractivity contribution in [3.63, 3.8) is 0 Å². The van der Waals surface area contributed by atoms with E-state index in [4.69, 9.17) is 9.84 Å². The lowest BCUT2D eigenvalue weighted by molar-refractivity contribution is -0.117. The number of benzene rings is 2. The Morgan fingerprint density at radius 3 is 2.87 bits per heavy atom. The first-order valence-corrected chi connectivity index (χ1v) is 12.1. The van der Waals surface area contributed by atoms with E-state index in [1.165, 1.54) is 29.3 Å². The number of halogens is 2. The van der Waals surface area contributed by atoms with E-state index in [0.717, 1.165) is 31.0 Å². The van der Waals surface area contributed by atoms with E-state index in [1.54, 1.807) is 0 Å². The monoisotopic (exact) mass is 526 g/mol. The standard InChI is InChI=1S/C25H28F2N8O3/c1-2-34(10-11-36)9-4-12-38-17-7-8-18-21(13-17)28-16-29-25(18)31-22-14-35(33-32-22)15-23(37)30-20-6-3-5-19(26)24(20)27/h3,5-8,13-14,16,36H,2,4,9-12,15H2,1H3,(H,30,37)(H,28,29,31). The minimum absolute atomic E-state index is 0.138. The molecule has 0 aliphatic heterocycles. The molecule has 0 spiro atoms. The summed E-state index contributed by atoms with van der Waals surface area (Å²) in [4.78, 5) is 23.0. The number of aliphatic hydroxyl groups is 1. The van der Waals surface area contributed by atoms with Gasteiger partial charge in [-0.25, -0.2) is 23.4 Å². The largest absolute Gasteiger partial charge is 0.493 e. The number of nitrogens with zero attached hydrogens (tertiary/aromatic N) is 6. The third-order valence-electron chi connectivity index (χ3n) is 5.68. The van der Waals surface area contributed by atoms with Gasteiger partial charge in [-0.15, -0.1) is 5.10 Å². The van der Waals surface area contributed by atoms with Crippen molar-refractivity contribution in [1.29, 1.82) is 0 Å². The molecule has 13 heteroatoms. The van der Waals surface area contributed by atoms with Gasteiger partial charge in [0.1, 0.15) is 24.4 Å². The van der Waals surface area contributed by atoms with Crippen LogP contribution in [0.4, 0.5) is 26.1 Å². The van der Waals surface area contributed by atoms with E-state index in [1.807, 2.05) is 18.2 Å². The number of nitrogens with one attached hydrogen (secondary N) is 2. The van der Waals surface area contributed by atoms with Gasteiger partial charge in [0.15, 0.2) is 17.5 Å². The Morgan fingerprint density at radius 2 is 2.05 bits per heavy atom. The van der Waals surface area contributed by atoms with E-state index < -0.39 is 17.5 Å². The third-order valence-corrected chi connectivity index (χ3v) is 5.68. The van der Waals surface area contributed by atoms with Gasteiger partial charge in [-0.3, -0.25) is 4.79 Å². The Kier molecular flexibility index (Phi) is 9.06. The number of ether oxygens (including phenoxy) is 1. The maximum atomic E-state index is 13.8. The highest BCUT2D eigenvalue weighted by molar-refractivity contribution is 5.91. The molecule has 2 heterocycles. The number of hydrogen-bond donors (Lipinski definition) is 3. The molecule has 3 N–H and O–H groups in total. The van der Waals surface area contributed by atoms with Crippen LogP contribution in [0.1, 0.15) is 13.3 Å². The van der Waals surface area contributed by atoms with Gasteiger partial charge in [0, 0.05) is 24.5 Å². The first kappa shape index (κ1) is 26.8. The fourth-order valence-electron chi connectivity index (χ4n) is 3.77. The summed E-state index contributed by atoms with van der Waals surface area (Å²) in [5.74, 6) is -1.28. The summed E-state index contributed by atoms with van der Waals surface area (Å²) in [6.45, 7) is 4.83. The number of carbonyl (C=O) groups is 1. The van der Waals surface area contributed by atoms with Crippen molar-refractivity contribution in [2.24, 2.45) is 0 Å². The predicted octanol–water partition coefficient (Wildman–Crippen LogP) is 2.96. The van der Waals surface area contributed by atoms with Crippen LogP contribution in [-0.4, -0.2) is 73.7 Å². The molecule has 2 aromatic carbocycles. The molecule has 0 atom stereocenters. The number of aliphatic hydroxyl groups excluding tert-OH is 1. The number of fused-ring (bicyclic) bond motifs is 1. The molecule has 38 heavy (non-hydrogen) atoms. The fraction of sp³-hybridized carbons (Fsp3) is 0.320. The zero-order valence-electron chi connectivity index (χ0n) is 20.8. The van der Waals surface area contributed by atoms with E-state index in [0.29, 0.717) is 36.1 Å². The van der Waals surface area contributed by atoms with E-state index in [2.05, 4.69) is 42.7 Å². The quantitative estimate of drug-likeness (QED) is 0.225. The number of hydrogen-bond acceptors (Lipinski definition) is 9. The predicted molar refractivity (Wildman–Crippen MR) is 137 cm³/mol. The van der Waals surface area contributed by atoms with Crippen LogP contribution in [0.2, 0.25) is 0 Å². The minimum atomic E-state index is -1.13. The van der Waals surface area contributed by atoms with Crippen LogP contribution < -0.4 is 15.4 Å². The van der Waals surface area contributed by atoms with Crippen LogP contribution in [0.5, 0.6) is 5.75 Å². The zero-order valence-corrected chi connectivity index (χ0v) is 20.8.